The SMILES string of the molecule is Cc1c(Cl)cccc1NC(=O)[C@@H](C)[NH2+][C@H](C)c1ccccc1. The van der Waals surface area contributed by atoms with Gasteiger partial charge in [0.15, 0.2) is 6.04 Å². The molecule has 0 aromatic heterocycles. The van der Waals surface area contributed by atoms with Crippen LogP contribution in [0.25, 0.3) is 0 Å². The average Bonchev–Trinajstić information content (AvgIpc) is 2.52. The average molecular weight is 318 g/mol. The second-order valence-corrected chi connectivity index (χ2v) is 5.99. The molecule has 2 aromatic rings. The predicted molar refractivity (Wildman–Crippen MR) is 91.1 cm³/mol. The van der Waals surface area contributed by atoms with Gasteiger partial charge in [0.1, 0.15) is 6.04 Å². The second kappa shape index (κ2) is 7.43. The van der Waals surface area contributed by atoms with Gasteiger partial charge in [-0.25, -0.2) is 0 Å². The first-order valence-corrected chi connectivity index (χ1v) is 7.82. The number of carbonyl (C=O) groups excluding carboxylic acids is 1. The monoisotopic (exact) mass is 317 g/mol. The van der Waals surface area contributed by atoms with Crippen molar-refractivity contribution in [1.29, 1.82) is 0 Å². The van der Waals surface area contributed by atoms with Gasteiger partial charge in [-0.2, -0.15) is 0 Å². The molecule has 0 aliphatic carbocycles. The van der Waals surface area contributed by atoms with Crippen molar-refractivity contribution in [2.75, 3.05) is 5.32 Å². The molecule has 0 saturated heterocycles. The molecule has 0 heterocycles. The number of carbonyl (C=O) groups is 1. The number of hydrogen-bond acceptors (Lipinski definition) is 1. The fraction of sp³-hybridized carbons (Fsp3) is 0.278. The smallest absolute Gasteiger partial charge is 0.282 e. The maximum Gasteiger partial charge on any atom is 0.282 e. The minimum atomic E-state index is -0.186. The third-order valence-electron chi connectivity index (χ3n) is 3.84. The van der Waals surface area contributed by atoms with E-state index >= 15 is 0 Å². The Labute approximate surface area is 136 Å². The van der Waals surface area contributed by atoms with Crippen molar-refractivity contribution in [2.24, 2.45) is 0 Å². The van der Waals surface area contributed by atoms with Gasteiger partial charge in [0.05, 0.1) is 0 Å². The maximum absolute atomic E-state index is 12.4. The molecule has 0 radical (unpaired) electrons. The Hall–Kier alpha value is -1.84. The molecular weight excluding hydrogens is 296 g/mol. The van der Waals surface area contributed by atoms with E-state index in [4.69, 9.17) is 11.6 Å². The Morgan fingerprint density at radius 1 is 1.09 bits per heavy atom. The standard InChI is InChI=1S/C18H21ClN2O/c1-12-16(19)10-7-11-17(12)21-18(22)14(3)20-13(2)15-8-5-4-6-9-15/h4-11,13-14,20H,1-3H3,(H,21,22)/p+1/t13-,14-/m1/s1. The van der Waals surface area contributed by atoms with Crippen LogP contribution in [-0.2, 0) is 4.79 Å². The van der Waals surface area contributed by atoms with E-state index in [-0.39, 0.29) is 18.0 Å². The molecule has 0 spiro atoms. The summed E-state index contributed by atoms with van der Waals surface area (Å²) in [6.07, 6.45) is 0. The van der Waals surface area contributed by atoms with E-state index in [1.165, 1.54) is 5.56 Å². The highest BCUT2D eigenvalue weighted by atomic mass is 35.5. The van der Waals surface area contributed by atoms with Crippen LogP contribution in [0.3, 0.4) is 0 Å². The zero-order valence-electron chi connectivity index (χ0n) is 13.1. The number of quaternary nitrogens is 1. The summed E-state index contributed by atoms with van der Waals surface area (Å²) in [5, 5.41) is 5.67. The molecule has 4 heteroatoms. The minimum Gasteiger partial charge on any atom is -0.330 e. The molecule has 0 aliphatic rings. The fourth-order valence-corrected chi connectivity index (χ4v) is 2.55. The van der Waals surface area contributed by atoms with Crippen molar-refractivity contribution < 1.29 is 10.1 Å². The van der Waals surface area contributed by atoms with E-state index in [0.29, 0.717) is 5.02 Å². The summed E-state index contributed by atoms with van der Waals surface area (Å²) >= 11 is 6.08. The molecule has 0 aliphatic heterocycles. The fourth-order valence-electron chi connectivity index (χ4n) is 2.38. The van der Waals surface area contributed by atoms with Gasteiger partial charge in [-0.15, -0.1) is 0 Å². The van der Waals surface area contributed by atoms with E-state index in [1.54, 1.807) is 0 Å². The molecule has 1 amide bonds. The van der Waals surface area contributed by atoms with Gasteiger partial charge in [0, 0.05) is 16.3 Å². The number of amides is 1. The van der Waals surface area contributed by atoms with Gasteiger partial charge in [-0.05, 0) is 38.5 Å². The highest BCUT2D eigenvalue weighted by Crippen LogP contribution is 2.22. The molecule has 0 bridgehead atoms. The van der Waals surface area contributed by atoms with Crippen LogP contribution >= 0.6 is 11.6 Å². The Morgan fingerprint density at radius 3 is 2.45 bits per heavy atom. The van der Waals surface area contributed by atoms with Gasteiger partial charge in [0.25, 0.3) is 5.91 Å². The number of nitrogens with two attached hydrogens (primary N) is 1. The topological polar surface area (TPSA) is 45.7 Å². The van der Waals surface area contributed by atoms with Crippen LogP contribution in [0.15, 0.2) is 48.5 Å². The van der Waals surface area contributed by atoms with Crippen molar-refractivity contribution in [3.63, 3.8) is 0 Å². The number of hydrogen-bond donors (Lipinski definition) is 2. The van der Waals surface area contributed by atoms with Gasteiger partial charge in [0.2, 0.25) is 0 Å². The molecule has 0 fully saturated rings. The van der Waals surface area contributed by atoms with Gasteiger partial charge >= 0.3 is 0 Å². The number of nitrogens with one attached hydrogen (secondary N) is 1. The molecule has 2 rings (SSSR count). The molecule has 2 atom stereocenters. The highest BCUT2D eigenvalue weighted by molar-refractivity contribution is 6.31. The molecule has 3 nitrogen and oxygen atoms in total. The number of rotatable bonds is 5. The Bertz CT molecular complexity index is 643. The highest BCUT2D eigenvalue weighted by Gasteiger charge is 2.20. The largest absolute Gasteiger partial charge is 0.330 e. The summed E-state index contributed by atoms with van der Waals surface area (Å²) in [5.74, 6) is -0.0202. The Kier molecular flexibility index (Phi) is 5.58. The van der Waals surface area contributed by atoms with E-state index in [0.717, 1.165) is 11.3 Å². The van der Waals surface area contributed by atoms with Crippen LogP contribution in [0.2, 0.25) is 5.02 Å². The van der Waals surface area contributed by atoms with Crippen molar-refractivity contribution in [2.45, 2.75) is 32.9 Å². The van der Waals surface area contributed by atoms with Crippen molar-refractivity contribution in [1.82, 2.24) is 0 Å². The van der Waals surface area contributed by atoms with E-state index < -0.39 is 0 Å². The van der Waals surface area contributed by atoms with Crippen LogP contribution in [0.1, 0.15) is 31.0 Å². The van der Waals surface area contributed by atoms with Crippen molar-refractivity contribution in [3.8, 4) is 0 Å². The summed E-state index contributed by atoms with van der Waals surface area (Å²) in [4.78, 5) is 12.4. The maximum atomic E-state index is 12.4. The van der Waals surface area contributed by atoms with Gasteiger partial charge in [-0.3, -0.25) is 4.79 Å². The predicted octanol–water partition coefficient (Wildman–Crippen LogP) is 3.30. The van der Waals surface area contributed by atoms with Crippen LogP contribution in [0.5, 0.6) is 0 Å². The van der Waals surface area contributed by atoms with Crippen LogP contribution < -0.4 is 10.6 Å². The van der Waals surface area contributed by atoms with Crippen molar-refractivity contribution in [3.05, 3.63) is 64.7 Å². The van der Waals surface area contributed by atoms with Crippen LogP contribution in [0, 0.1) is 6.92 Å². The molecule has 0 unspecified atom stereocenters. The first kappa shape index (κ1) is 16.5. The number of anilines is 1. The molecule has 116 valence electrons. The molecule has 22 heavy (non-hydrogen) atoms. The van der Waals surface area contributed by atoms with Crippen LogP contribution in [0.4, 0.5) is 5.69 Å². The normalized spacial score (nSPS) is 13.5. The quantitative estimate of drug-likeness (QED) is 0.873. The zero-order valence-corrected chi connectivity index (χ0v) is 13.9. The van der Waals surface area contributed by atoms with Crippen LogP contribution in [-0.4, -0.2) is 11.9 Å². The molecule has 0 saturated carbocycles. The summed E-state index contributed by atoms with van der Waals surface area (Å²) in [6, 6.07) is 15.7. The Balaban J connectivity index is 1.99. The lowest BCUT2D eigenvalue weighted by Crippen LogP contribution is -2.91. The molecule has 2 aromatic carbocycles. The lowest BCUT2D eigenvalue weighted by Gasteiger charge is -2.17. The first-order valence-electron chi connectivity index (χ1n) is 7.45. The molecular formula is C18H22ClN2O+. The number of halogens is 1. The first-order chi connectivity index (χ1) is 10.5. The summed E-state index contributed by atoms with van der Waals surface area (Å²) in [7, 11) is 0. The minimum absolute atomic E-state index is 0.0202. The lowest BCUT2D eigenvalue weighted by atomic mass is 10.1. The zero-order chi connectivity index (χ0) is 16.1. The Morgan fingerprint density at radius 2 is 1.77 bits per heavy atom. The summed E-state index contributed by atoms with van der Waals surface area (Å²) < 4.78 is 0. The second-order valence-electron chi connectivity index (χ2n) is 5.58. The van der Waals surface area contributed by atoms with Crippen molar-refractivity contribution >= 4 is 23.2 Å². The van der Waals surface area contributed by atoms with E-state index in [9.17, 15) is 4.79 Å². The third kappa shape index (κ3) is 4.09. The summed E-state index contributed by atoms with van der Waals surface area (Å²) in [5.41, 5.74) is 2.87. The van der Waals surface area contributed by atoms with E-state index in [1.807, 2.05) is 50.2 Å². The van der Waals surface area contributed by atoms with E-state index in [2.05, 4.69) is 29.7 Å². The lowest BCUT2D eigenvalue weighted by molar-refractivity contribution is -0.709. The number of benzene rings is 2. The third-order valence-corrected chi connectivity index (χ3v) is 4.25. The van der Waals surface area contributed by atoms with Gasteiger partial charge in [-0.1, -0.05) is 48.0 Å². The molecule has 3 N–H and O–H groups in total. The van der Waals surface area contributed by atoms with Gasteiger partial charge < -0.3 is 10.6 Å². The summed E-state index contributed by atoms with van der Waals surface area (Å²) in [6.45, 7) is 5.91.